The van der Waals surface area contributed by atoms with Crippen LogP contribution in [0.2, 0.25) is 0 Å². The normalized spacial score (nSPS) is 21.1. The molecule has 1 saturated carbocycles. The van der Waals surface area contributed by atoms with Crippen molar-refractivity contribution in [2.24, 2.45) is 5.92 Å². The van der Waals surface area contributed by atoms with Crippen LogP contribution in [-0.4, -0.2) is 30.6 Å². The third-order valence-electron chi connectivity index (χ3n) is 4.57. The number of para-hydroxylation sites is 1. The minimum Gasteiger partial charge on any atom is -0.433 e. The zero-order valence-electron chi connectivity index (χ0n) is 13.8. The molecule has 2 atom stereocenters. The van der Waals surface area contributed by atoms with E-state index in [0.29, 0.717) is 17.2 Å². The molecule has 0 unspecified atom stereocenters. The van der Waals surface area contributed by atoms with Gasteiger partial charge in [0.1, 0.15) is 5.75 Å². The van der Waals surface area contributed by atoms with Gasteiger partial charge in [0.15, 0.2) is 0 Å². The predicted molar refractivity (Wildman–Crippen MR) is 86.0 cm³/mol. The molecule has 0 spiro atoms. The summed E-state index contributed by atoms with van der Waals surface area (Å²) < 4.78 is 29.6. The van der Waals surface area contributed by atoms with Crippen molar-refractivity contribution in [2.75, 3.05) is 12.4 Å². The van der Waals surface area contributed by atoms with Crippen molar-refractivity contribution >= 4 is 11.7 Å². The Morgan fingerprint density at radius 2 is 2.04 bits per heavy atom. The summed E-state index contributed by atoms with van der Waals surface area (Å²) in [6.07, 6.45) is 4.37. The van der Waals surface area contributed by atoms with Crippen LogP contribution in [-0.2, 0) is 0 Å². The maximum Gasteiger partial charge on any atom is 0.387 e. The molecule has 0 bridgehead atoms. The average molecular weight is 326 g/mol. The molecule has 6 heteroatoms. The summed E-state index contributed by atoms with van der Waals surface area (Å²) in [6, 6.07) is 4.68. The van der Waals surface area contributed by atoms with Gasteiger partial charge in [-0.1, -0.05) is 31.9 Å². The molecule has 1 N–H and O–H groups in total. The van der Waals surface area contributed by atoms with Gasteiger partial charge in [-0.3, -0.25) is 0 Å². The molecule has 4 nitrogen and oxygen atoms in total. The lowest BCUT2D eigenvalue weighted by atomic mass is 9.85. The van der Waals surface area contributed by atoms with E-state index in [1.54, 1.807) is 31.0 Å². The van der Waals surface area contributed by atoms with E-state index in [1.807, 2.05) is 0 Å². The number of carbonyl (C=O) groups is 1. The lowest BCUT2D eigenvalue weighted by Crippen LogP contribution is -2.44. The van der Waals surface area contributed by atoms with Crippen molar-refractivity contribution in [3.8, 4) is 5.75 Å². The largest absolute Gasteiger partial charge is 0.433 e. The second kappa shape index (κ2) is 7.62. The topological polar surface area (TPSA) is 41.6 Å². The molecule has 128 valence electrons. The molecule has 1 fully saturated rings. The van der Waals surface area contributed by atoms with Gasteiger partial charge in [-0.15, -0.1) is 0 Å². The number of halogens is 2. The van der Waals surface area contributed by atoms with Crippen LogP contribution in [0.4, 0.5) is 19.3 Å². The third-order valence-corrected chi connectivity index (χ3v) is 4.57. The first-order chi connectivity index (χ1) is 10.9. The van der Waals surface area contributed by atoms with E-state index in [0.717, 1.165) is 19.3 Å². The Morgan fingerprint density at radius 1 is 1.35 bits per heavy atom. The van der Waals surface area contributed by atoms with Crippen LogP contribution in [0.3, 0.4) is 0 Å². The highest BCUT2D eigenvalue weighted by Crippen LogP contribution is 2.31. The summed E-state index contributed by atoms with van der Waals surface area (Å²) in [4.78, 5) is 14.2. The lowest BCUT2D eigenvalue weighted by molar-refractivity contribution is -0.0493. The van der Waals surface area contributed by atoms with E-state index in [2.05, 4.69) is 17.0 Å². The van der Waals surface area contributed by atoms with E-state index >= 15 is 0 Å². The highest BCUT2D eigenvalue weighted by molar-refractivity contribution is 5.92. The van der Waals surface area contributed by atoms with Gasteiger partial charge < -0.3 is 15.0 Å². The number of amides is 2. The van der Waals surface area contributed by atoms with E-state index in [4.69, 9.17) is 0 Å². The fourth-order valence-electron chi connectivity index (χ4n) is 3.21. The number of ether oxygens (including phenoxy) is 1. The van der Waals surface area contributed by atoms with Crippen molar-refractivity contribution in [3.63, 3.8) is 0 Å². The molecule has 1 aromatic carbocycles. The number of hydrogen-bond donors (Lipinski definition) is 1. The molecular weight excluding hydrogens is 302 g/mol. The molecule has 1 aliphatic carbocycles. The van der Waals surface area contributed by atoms with Crippen molar-refractivity contribution in [1.82, 2.24) is 4.90 Å². The Balaban J connectivity index is 2.13. The zero-order chi connectivity index (χ0) is 17.0. The van der Waals surface area contributed by atoms with Crippen molar-refractivity contribution in [2.45, 2.75) is 52.2 Å². The number of hydrogen-bond acceptors (Lipinski definition) is 2. The Labute approximate surface area is 135 Å². The van der Waals surface area contributed by atoms with Gasteiger partial charge in [-0.25, -0.2) is 4.79 Å². The van der Waals surface area contributed by atoms with Crippen LogP contribution in [0.1, 0.15) is 38.2 Å². The fraction of sp³-hybridized carbons (Fsp3) is 0.588. The predicted octanol–water partition coefficient (Wildman–Crippen LogP) is 4.64. The van der Waals surface area contributed by atoms with Gasteiger partial charge >= 0.3 is 12.6 Å². The van der Waals surface area contributed by atoms with Gasteiger partial charge in [0, 0.05) is 13.1 Å². The standard InChI is InChI=1S/C17H24F2N2O2/c1-11-7-4-5-9-13(11)21(3)17(22)20-15-12(2)8-6-10-14(15)23-16(18)19/h6,8,10-11,13,16H,4-5,7,9H2,1-3H3,(H,20,22)/t11-,13-/m0/s1. The van der Waals surface area contributed by atoms with Gasteiger partial charge in [0.05, 0.1) is 5.69 Å². The van der Waals surface area contributed by atoms with Gasteiger partial charge in [-0.05, 0) is 37.3 Å². The molecule has 1 aromatic rings. The third kappa shape index (κ3) is 4.33. The van der Waals surface area contributed by atoms with Crippen LogP contribution in [0.5, 0.6) is 5.75 Å². The molecule has 2 amide bonds. The number of aryl methyl sites for hydroxylation is 1. The molecule has 2 rings (SSSR count). The molecule has 0 aromatic heterocycles. The summed E-state index contributed by atoms with van der Waals surface area (Å²) in [5.74, 6) is 0.423. The summed E-state index contributed by atoms with van der Waals surface area (Å²) in [7, 11) is 1.76. The maximum atomic E-state index is 12.5. The van der Waals surface area contributed by atoms with Crippen molar-refractivity contribution in [3.05, 3.63) is 23.8 Å². The van der Waals surface area contributed by atoms with Crippen LogP contribution < -0.4 is 10.1 Å². The molecule has 1 aliphatic rings. The lowest BCUT2D eigenvalue weighted by Gasteiger charge is -2.36. The van der Waals surface area contributed by atoms with Crippen molar-refractivity contribution < 1.29 is 18.3 Å². The van der Waals surface area contributed by atoms with Gasteiger partial charge in [0.2, 0.25) is 0 Å². The molecule has 0 aliphatic heterocycles. The number of nitrogens with one attached hydrogen (secondary N) is 1. The Morgan fingerprint density at radius 3 is 2.70 bits per heavy atom. The van der Waals surface area contributed by atoms with Crippen LogP contribution in [0.15, 0.2) is 18.2 Å². The minimum atomic E-state index is -2.93. The van der Waals surface area contributed by atoms with E-state index in [1.165, 1.54) is 12.5 Å². The Hall–Kier alpha value is -1.85. The second-order valence-corrected chi connectivity index (χ2v) is 6.20. The first-order valence-corrected chi connectivity index (χ1v) is 7.98. The van der Waals surface area contributed by atoms with Crippen LogP contribution in [0, 0.1) is 12.8 Å². The summed E-state index contributed by atoms with van der Waals surface area (Å²) in [5.41, 5.74) is 0.981. The molecular formula is C17H24F2N2O2. The number of urea groups is 1. The first-order valence-electron chi connectivity index (χ1n) is 7.98. The second-order valence-electron chi connectivity index (χ2n) is 6.20. The number of carbonyl (C=O) groups excluding carboxylic acids is 1. The SMILES string of the molecule is Cc1cccc(OC(F)F)c1NC(=O)N(C)[C@H]1CCCC[C@@H]1C. The van der Waals surface area contributed by atoms with E-state index in [-0.39, 0.29) is 17.8 Å². The van der Waals surface area contributed by atoms with Crippen LogP contribution >= 0.6 is 0 Å². The van der Waals surface area contributed by atoms with E-state index in [9.17, 15) is 13.6 Å². The number of alkyl halides is 2. The molecule has 0 saturated heterocycles. The summed E-state index contributed by atoms with van der Waals surface area (Å²) in [6.45, 7) is 0.965. The zero-order valence-corrected chi connectivity index (χ0v) is 13.8. The summed E-state index contributed by atoms with van der Waals surface area (Å²) >= 11 is 0. The van der Waals surface area contributed by atoms with Gasteiger partial charge in [-0.2, -0.15) is 8.78 Å². The van der Waals surface area contributed by atoms with E-state index < -0.39 is 6.61 Å². The highest BCUT2D eigenvalue weighted by atomic mass is 19.3. The molecule has 23 heavy (non-hydrogen) atoms. The number of nitrogens with zero attached hydrogens (tertiary/aromatic N) is 1. The van der Waals surface area contributed by atoms with Gasteiger partial charge in [0.25, 0.3) is 0 Å². The number of anilines is 1. The minimum absolute atomic E-state index is 0.0153. The fourth-order valence-corrected chi connectivity index (χ4v) is 3.21. The molecule has 0 heterocycles. The Bertz CT molecular complexity index is 551. The number of benzene rings is 1. The Kier molecular flexibility index (Phi) is 5.80. The van der Waals surface area contributed by atoms with Crippen LogP contribution in [0.25, 0.3) is 0 Å². The van der Waals surface area contributed by atoms with Crippen molar-refractivity contribution in [1.29, 1.82) is 0 Å². The quantitative estimate of drug-likeness (QED) is 0.876. The molecule has 0 radical (unpaired) electrons. The average Bonchev–Trinajstić information content (AvgIpc) is 2.50. The first kappa shape index (κ1) is 17.5. The monoisotopic (exact) mass is 326 g/mol. The highest BCUT2D eigenvalue weighted by Gasteiger charge is 2.28. The summed E-state index contributed by atoms with van der Waals surface area (Å²) in [5, 5.41) is 2.73. The number of rotatable bonds is 4. The smallest absolute Gasteiger partial charge is 0.387 e. The maximum absolute atomic E-state index is 12.5.